The van der Waals surface area contributed by atoms with Gasteiger partial charge in [-0.25, -0.2) is 4.79 Å². The Kier molecular flexibility index (Phi) is 9.09. The molecule has 4 heteroatoms. The van der Waals surface area contributed by atoms with Gasteiger partial charge in [-0.15, -0.1) is 0 Å². The highest BCUT2D eigenvalue weighted by molar-refractivity contribution is 5.85. The summed E-state index contributed by atoms with van der Waals surface area (Å²) in [5.41, 5.74) is 0.820. The first-order chi connectivity index (χ1) is 9.60. The molecule has 1 heterocycles. The van der Waals surface area contributed by atoms with E-state index in [0.29, 0.717) is 19.4 Å². The van der Waals surface area contributed by atoms with Gasteiger partial charge in [0.15, 0.2) is 0 Å². The standard InChI is InChI=1S/C14H19NO3.C2H6/c1-3-5-7-11(4-2)10-12(14(17)18)15-9-6-8-13(15)16;1-2/h3-5,7,12H,2,6,8-10H2,1H3,(H,17,18);1-2H3/b5-3-,11-7+;. The molecular weight excluding hydrogens is 254 g/mol. The van der Waals surface area contributed by atoms with Gasteiger partial charge in [-0.05, 0) is 18.9 Å². The summed E-state index contributed by atoms with van der Waals surface area (Å²) in [4.78, 5) is 24.3. The first-order valence-electron chi connectivity index (χ1n) is 7.06. The maximum Gasteiger partial charge on any atom is 0.326 e. The maximum absolute atomic E-state index is 11.6. The fraction of sp³-hybridized carbons (Fsp3) is 0.500. The van der Waals surface area contributed by atoms with Crippen LogP contribution in [0.15, 0.2) is 36.5 Å². The molecule has 0 saturated carbocycles. The van der Waals surface area contributed by atoms with Crippen LogP contribution < -0.4 is 0 Å². The van der Waals surface area contributed by atoms with Crippen molar-refractivity contribution in [2.75, 3.05) is 6.54 Å². The Bertz CT molecular complexity index is 397. The van der Waals surface area contributed by atoms with Crippen molar-refractivity contribution in [1.29, 1.82) is 0 Å². The Morgan fingerprint density at radius 2 is 2.15 bits per heavy atom. The van der Waals surface area contributed by atoms with Crippen molar-refractivity contribution >= 4 is 11.9 Å². The van der Waals surface area contributed by atoms with Crippen LogP contribution in [0.25, 0.3) is 0 Å². The number of rotatable bonds is 6. The highest BCUT2D eigenvalue weighted by atomic mass is 16.4. The van der Waals surface area contributed by atoms with Gasteiger partial charge in [-0.1, -0.05) is 44.7 Å². The van der Waals surface area contributed by atoms with Crippen LogP contribution in [0, 0.1) is 0 Å². The van der Waals surface area contributed by atoms with E-state index in [1.165, 1.54) is 4.90 Å². The second-order valence-electron chi connectivity index (χ2n) is 4.22. The third-order valence-corrected chi connectivity index (χ3v) is 2.97. The molecule has 0 aromatic carbocycles. The molecule has 112 valence electrons. The van der Waals surface area contributed by atoms with E-state index in [4.69, 9.17) is 0 Å². The van der Waals surface area contributed by atoms with Gasteiger partial charge >= 0.3 is 5.97 Å². The molecule has 1 unspecified atom stereocenters. The lowest BCUT2D eigenvalue weighted by atomic mass is 10.0. The average Bonchev–Trinajstić information content (AvgIpc) is 2.87. The molecule has 1 aliphatic heterocycles. The minimum Gasteiger partial charge on any atom is -0.480 e. The third kappa shape index (κ3) is 5.43. The summed E-state index contributed by atoms with van der Waals surface area (Å²) >= 11 is 0. The molecule has 1 aliphatic rings. The first kappa shape index (κ1) is 18.2. The van der Waals surface area contributed by atoms with Crippen LogP contribution in [-0.2, 0) is 9.59 Å². The molecule has 1 fully saturated rings. The van der Waals surface area contributed by atoms with Crippen LogP contribution in [0.1, 0.15) is 40.0 Å². The lowest BCUT2D eigenvalue weighted by Crippen LogP contribution is -2.42. The average molecular weight is 279 g/mol. The summed E-state index contributed by atoms with van der Waals surface area (Å²) < 4.78 is 0. The summed E-state index contributed by atoms with van der Waals surface area (Å²) in [6, 6.07) is -0.783. The lowest BCUT2D eigenvalue weighted by Gasteiger charge is -2.24. The second kappa shape index (κ2) is 10.0. The number of carbonyl (C=O) groups excluding carboxylic acids is 1. The summed E-state index contributed by atoms with van der Waals surface area (Å²) in [7, 11) is 0. The van der Waals surface area contributed by atoms with E-state index in [1.807, 2.05) is 39.0 Å². The molecule has 20 heavy (non-hydrogen) atoms. The van der Waals surface area contributed by atoms with Gasteiger partial charge in [0, 0.05) is 19.4 Å². The summed E-state index contributed by atoms with van der Waals surface area (Å²) in [5.74, 6) is -1.03. The summed E-state index contributed by atoms with van der Waals surface area (Å²) in [6.45, 7) is 10.1. The normalized spacial score (nSPS) is 16.9. The third-order valence-electron chi connectivity index (χ3n) is 2.97. The van der Waals surface area contributed by atoms with E-state index in [0.717, 1.165) is 12.0 Å². The zero-order valence-corrected chi connectivity index (χ0v) is 12.6. The molecular formula is C16H25NO3. The molecule has 0 aromatic heterocycles. The highest BCUT2D eigenvalue weighted by Gasteiger charge is 2.32. The van der Waals surface area contributed by atoms with Crippen LogP contribution in [0.5, 0.6) is 0 Å². The van der Waals surface area contributed by atoms with Crippen molar-refractivity contribution in [2.45, 2.75) is 46.1 Å². The number of carboxylic acid groups (broad SMARTS) is 1. The number of nitrogens with zero attached hydrogens (tertiary/aromatic N) is 1. The SMILES string of the molecule is C=C/C(=C\C=C/C)CC(C(=O)O)N1CCCC1=O.CC. The topological polar surface area (TPSA) is 57.6 Å². The number of hydrogen-bond acceptors (Lipinski definition) is 2. The molecule has 0 radical (unpaired) electrons. The van der Waals surface area contributed by atoms with E-state index in [1.54, 1.807) is 6.08 Å². The van der Waals surface area contributed by atoms with Crippen molar-refractivity contribution in [3.8, 4) is 0 Å². The fourth-order valence-electron chi connectivity index (χ4n) is 1.99. The molecule has 0 aromatic rings. The Balaban J connectivity index is 0.00000172. The number of carboxylic acids is 1. The van der Waals surface area contributed by atoms with Crippen LogP contribution in [-0.4, -0.2) is 34.5 Å². The molecule has 1 N–H and O–H groups in total. The predicted molar refractivity (Wildman–Crippen MR) is 81.4 cm³/mol. The smallest absolute Gasteiger partial charge is 0.326 e. The Morgan fingerprint density at radius 3 is 2.55 bits per heavy atom. The van der Waals surface area contributed by atoms with Gasteiger partial charge in [0.25, 0.3) is 0 Å². The van der Waals surface area contributed by atoms with Gasteiger partial charge in [-0.3, -0.25) is 4.79 Å². The van der Waals surface area contributed by atoms with Gasteiger partial charge in [-0.2, -0.15) is 0 Å². The Morgan fingerprint density at radius 1 is 1.50 bits per heavy atom. The van der Waals surface area contributed by atoms with Gasteiger partial charge < -0.3 is 10.0 Å². The van der Waals surface area contributed by atoms with Gasteiger partial charge in [0.1, 0.15) is 6.04 Å². The van der Waals surface area contributed by atoms with Crippen LogP contribution in [0.3, 0.4) is 0 Å². The fourth-order valence-corrected chi connectivity index (χ4v) is 1.99. The molecule has 0 spiro atoms. The van der Waals surface area contributed by atoms with E-state index in [9.17, 15) is 14.7 Å². The van der Waals surface area contributed by atoms with E-state index >= 15 is 0 Å². The van der Waals surface area contributed by atoms with Crippen molar-refractivity contribution in [3.05, 3.63) is 36.5 Å². The monoisotopic (exact) mass is 279 g/mol. The van der Waals surface area contributed by atoms with Crippen molar-refractivity contribution in [2.24, 2.45) is 0 Å². The second-order valence-corrected chi connectivity index (χ2v) is 4.22. The van der Waals surface area contributed by atoms with Crippen molar-refractivity contribution in [1.82, 2.24) is 4.90 Å². The van der Waals surface area contributed by atoms with Gasteiger partial charge in [0.2, 0.25) is 5.91 Å². The van der Waals surface area contributed by atoms with E-state index < -0.39 is 12.0 Å². The number of hydrogen-bond donors (Lipinski definition) is 1. The predicted octanol–water partition coefficient (Wildman–Crippen LogP) is 3.17. The largest absolute Gasteiger partial charge is 0.480 e. The maximum atomic E-state index is 11.6. The Hall–Kier alpha value is -1.84. The van der Waals surface area contributed by atoms with E-state index in [-0.39, 0.29) is 5.91 Å². The number of likely N-dealkylation sites (tertiary alicyclic amines) is 1. The first-order valence-corrected chi connectivity index (χ1v) is 7.06. The molecule has 1 saturated heterocycles. The zero-order valence-electron chi connectivity index (χ0n) is 12.6. The lowest BCUT2D eigenvalue weighted by molar-refractivity contribution is -0.148. The molecule has 1 rings (SSSR count). The van der Waals surface area contributed by atoms with Crippen LogP contribution >= 0.6 is 0 Å². The van der Waals surface area contributed by atoms with E-state index in [2.05, 4.69) is 6.58 Å². The molecule has 0 bridgehead atoms. The number of amides is 1. The molecule has 0 aliphatic carbocycles. The van der Waals surface area contributed by atoms with Crippen LogP contribution in [0.4, 0.5) is 0 Å². The summed E-state index contributed by atoms with van der Waals surface area (Å²) in [6.07, 6.45) is 8.65. The number of carbonyl (C=O) groups is 2. The quantitative estimate of drug-likeness (QED) is 0.760. The zero-order chi connectivity index (χ0) is 15.5. The van der Waals surface area contributed by atoms with Crippen molar-refractivity contribution in [3.63, 3.8) is 0 Å². The Labute approximate surface area is 121 Å². The highest BCUT2D eigenvalue weighted by Crippen LogP contribution is 2.19. The minimum absolute atomic E-state index is 0.0724. The summed E-state index contributed by atoms with van der Waals surface area (Å²) in [5, 5.41) is 9.25. The molecule has 4 nitrogen and oxygen atoms in total. The number of allylic oxidation sites excluding steroid dienone is 4. The van der Waals surface area contributed by atoms with Crippen molar-refractivity contribution < 1.29 is 14.7 Å². The molecule has 1 atom stereocenters. The van der Waals surface area contributed by atoms with Gasteiger partial charge in [0.05, 0.1) is 0 Å². The number of aliphatic carboxylic acids is 1. The minimum atomic E-state index is -0.960. The molecule has 1 amide bonds. The van der Waals surface area contributed by atoms with Crippen LogP contribution in [0.2, 0.25) is 0 Å².